The van der Waals surface area contributed by atoms with Gasteiger partial charge in [-0.15, -0.1) is 0 Å². The molecule has 0 bridgehead atoms. The number of halogens is 2. The molecule has 0 aliphatic carbocycles. The van der Waals surface area contributed by atoms with Crippen molar-refractivity contribution >= 4 is 39.1 Å². The number of carbonyl (C=O) groups is 1. The second-order valence-corrected chi connectivity index (χ2v) is 10.1. The van der Waals surface area contributed by atoms with E-state index < -0.39 is 10.0 Å². The Morgan fingerprint density at radius 2 is 1.77 bits per heavy atom. The van der Waals surface area contributed by atoms with Crippen LogP contribution in [0, 0.1) is 0 Å². The van der Waals surface area contributed by atoms with E-state index >= 15 is 0 Å². The van der Waals surface area contributed by atoms with Gasteiger partial charge >= 0.3 is 0 Å². The van der Waals surface area contributed by atoms with Gasteiger partial charge in [0, 0.05) is 26.2 Å². The van der Waals surface area contributed by atoms with Gasteiger partial charge in [-0.25, -0.2) is 8.42 Å². The molecule has 0 atom stereocenters. The Morgan fingerprint density at radius 3 is 2.48 bits per heavy atom. The molecule has 2 aliphatic rings. The number of fused-ring (bicyclic) bond motifs is 1. The number of methoxy groups -OCH3 is 1. The van der Waals surface area contributed by atoms with Gasteiger partial charge in [-0.05, 0) is 41.8 Å². The van der Waals surface area contributed by atoms with Crippen molar-refractivity contribution in [1.82, 2.24) is 9.21 Å². The highest BCUT2D eigenvalue weighted by Gasteiger charge is 2.31. The highest BCUT2D eigenvalue weighted by molar-refractivity contribution is 7.89. The predicted octanol–water partition coefficient (Wildman–Crippen LogP) is 3.22. The molecule has 0 saturated carbocycles. The molecule has 31 heavy (non-hydrogen) atoms. The molecular formula is C21H22Cl2N2O5S. The smallest absolute Gasteiger partial charge is 0.255 e. The van der Waals surface area contributed by atoms with Crippen molar-refractivity contribution < 1.29 is 22.7 Å². The fraction of sp³-hybridized carbons (Fsp3) is 0.381. The number of benzene rings is 2. The minimum atomic E-state index is -3.88. The summed E-state index contributed by atoms with van der Waals surface area (Å²) in [6.45, 7) is 1.98. The van der Waals surface area contributed by atoms with Crippen LogP contribution in [0.2, 0.25) is 10.0 Å². The van der Waals surface area contributed by atoms with E-state index in [4.69, 9.17) is 32.7 Å². The summed E-state index contributed by atoms with van der Waals surface area (Å²) < 4.78 is 38.0. The Bertz CT molecular complexity index is 1120. The van der Waals surface area contributed by atoms with Crippen molar-refractivity contribution in [2.24, 2.45) is 0 Å². The van der Waals surface area contributed by atoms with Crippen molar-refractivity contribution in [2.75, 3.05) is 40.0 Å². The summed E-state index contributed by atoms with van der Waals surface area (Å²) in [6, 6.07) is 8.42. The van der Waals surface area contributed by atoms with Crippen LogP contribution in [-0.2, 0) is 27.7 Å². The molecule has 1 fully saturated rings. The van der Waals surface area contributed by atoms with Crippen LogP contribution in [0.3, 0.4) is 0 Å². The molecule has 1 amide bonds. The average Bonchev–Trinajstić information content (AvgIpc) is 2.78. The molecule has 0 radical (unpaired) electrons. The molecule has 0 N–H and O–H groups in total. The van der Waals surface area contributed by atoms with E-state index in [0.717, 1.165) is 16.9 Å². The predicted molar refractivity (Wildman–Crippen MR) is 117 cm³/mol. The number of hydrogen-bond acceptors (Lipinski definition) is 5. The quantitative estimate of drug-likeness (QED) is 0.665. The molecule has 2 aromatic carbocycles. The van der Waals surface area contributed by atoms with Crippen molar-refractivity contribution in [1.29, 1.82) is 0 Å². The molecule has 4 rings (SSSR count). The van der Waals surface area contributed by atoms with Gasteiger partial charge in [0.1, 0.15) is 10.6 Å². The van der Waals surface area contributed by atoms with Gasteiger partial charge in [-0.1, -0.05) is 29.3 Å². The van der Waals surface area contributed by atoms with Crippen LogP contribution in [0.25, 0.3) is 0 Å². The van der Waals surface area contributed by atoms with Gasteiger partial charge in [0.2, 0.25) is 10.0 Å². The summed E-state index contributed by atoms with van der Waals surface area (Å²) in [6.07, 6.45) is 0.690. The minimum absolute atomic E-state index is 0.0123. The van der Waals surface area contributed by atoms with Crippen LogP contribution in [0.5, 0.6) is 5.75 Å². The Morgan fingerprint density at radius 1 is 1.03 bits per heavy atom. The van der Waals surface area contributed by atoms with Gasteiger partial charge in [-0.2, -0.15) is 4.31 Å². The van der Waals surface area contributed by atoms with Crippen LogP contribution in [0.15, 0.2) is 35.2 Å². The summed E-state index contributed by atoms with van der Waals surface area (Å²) in [7, 11) is -2.28. The molecule has 166 valence electrons. The van der Waals surface area contributed by atoms with E-state index in [1.54, 1.807) is 12.0 Å². The van der Waals surface area contributed by atoms with E-state index in [1.165, 1.54) is 16.4 Å². The van der Waals surface area contributed by atoms with Gasteiger partial charge in [0.05, 0.1) is 35.9 Å². The number of ether oxygens (including phenoxy) is 2. The Labute approximate surface area is 191 Å². The summed E-state index contributed by atoms with van der Waals surface area (Å²) in [4.78, 5) is 14.8. The normalized spacial score (nSPS) is 17.3. The highest BCUT2D eigenvalue weighted by atomic mass is 35.5. The third-order valence-corrected chi connectivity index (χ3v) is 8.23. The van der Waals surface area contributed by atoms with Gasteiger partial charge < -0.3 is 14.4 Å². The fourth-order valence-electron chi connectivity index (χ4n) is 3.82. The zero-order chi connectivity index (χ0) is 22.2. The van der Waals surface area contributed by atoms with Gasteiger partial charge in [0.25, 0.3) is 5.91 Å². The highest BCUT2D eigenvalue weighted by Crippen LogP contribution is 2.33. The Kier molecular flexibility index (Phi) is 6.46. The number of sulfonamides is 1. The summed E-state index contributed by atoms with van der Waals surface area (Å²) >= 11 is 12.6. The second-order valence-electron chi connectivity index (χ2n) is 7.39. The van der Waals surface area contributed by atoms with Crippen molar-refractivity contribution in [3.8, 4) is 5.75 Å². The minimum Gasteiger partial charge on any atom is -0.497 e. The van der Waals surface area contributed by atoms with E-state index in [-0.39, 0.29) is 39.5 Å². The van der Waals surface area contributed by atoms with Crippen molar-refractivity contribution in [2.45, 2.75) is 17.9 Å². The van der Waals surface area contributed by atoms with E-state index in [1.807, 2.05) is 18.2 Å². The lowest BCUT2D eigenvalue weighted by Gasteiger charge is -2.30. The molecule has 0 spiro atoms. The molecule has 7 nitrogen and oxygen atoms in total. The van der Waals surface area contributed by atoms with Crippen molar-refractivity contribution in [3.63, 3.8) is 0 Å². The van der Waals surface area contributed by atoms with E-state index in [0.29, 0.717) is 32.7 Å². The standard InChI is InChI=1S/C21H22Cl2N2O5S/c1-29-16-3-2-14-4-5-24(13-15(14)10-16)21(26)17-11-20(19(23)12-18(17)22)31(27,28)25-6-8-30-9-7-25/h2-3,10-12H,4-9,13H2,1H3. The SMILES string of the molecule is COc1ccc2c(c1)CN(C(=O)c1cc(S(=O)(=O)N3CCOCC3)c(Cl)cc1Cl)CC2. The maximum absolute atomic E-state index is 13.3. The number of rotatable bonds is 4. The first-order valence-corrected chi connectivity index (χ1v) is 12.0. The molecule has 2 heterocycles. The van der Waals surface area contributed by atoms with Crippen LogP contribution in [-0.4, -0.2) is 63.5 Å². The average molecular weight is 485 g/mol. The zero-order valence-electron chi connectivity index (χ0n) is 16.9. The zero-order valence-corrected chi connectivity index (χ0v) is 19.3. The maximum Gasteiger partial charge on any atom is 0.255 e. The van der Waals surface area contributed by atoms with Crippen LogP contribution in [0.4, 0.5) is 0 Å². The summed E-state index contributed by atoms with van der Waals surface area (Å²) in [5.41, 5.74) is 2.26. The lowest BCUT2D eigenvalue weighted by molar-refractivity contribution is 0.0727. The van der Waals surface area contributed by atoms with Crippen LogP contribution in [0.1, 0.15) is 21.5 Å². The molecular weight excluding hydrogens is 463 g/mol. The maximum atomic E-state index is 13.3. The summed E-state index contributed by atoms with van der Waals surface area (Å²) in [5, 5.41) is 0.106. The van der Waals surface area contributed by atoms with Crippen LogP contribution < -0.4 is 4.74 Å². The Balaban J connectivity index is 1.65. The number of hydrogen-bond donors (Lipinski definition) is 0. The molecule has 1 saturated heterocycles. The number of morpholine rings is 1. The van der Waals surface area contributed by atoms with Crippen LogP contribution >= 0.6 is 23.2 Å². The lowest BCUT2D eigenvalue weighted by Crippen LogP contribution is -2.41. The third kappa shape index (κ3) is 4.40. The first kappa shape index (κ1) is 22.4. The molecule has 2 aliphatic heterocycles. The number of nitrogens with zero attached hydrogens (tertiary/aromatic N) is 2. The molecule has 2 aromatic rings. The lowest BCUT2D eigenvalue weighted by atomic mass is 9.99. The van der Waals surface area contributed by atoms with E-state index in [9.17, 15) is 13.2 Å². The van der Waals surface area contributed by atoms with Gasteiger partial charge in [0.15, 0.2) is 0 Å². The number of carbonyl (C=O) groups excluding carboxylic acids is 1. The molecule has 0 unspecified atom stereocenters. The third-order valence-electron chi connectivity index (χ3n) is 5.55. The first-order chi connectivity index (χ1) is 14.8. The van der Waals surface area contributed by atoms with E-state index in [2.05, 4.69) is 0 Å². The molecule has 10 heteroatoms. The fourth-order valence-corrected chi connectivity index (χ4v) is 6.06. The molecule has 0 aromatic heterocycles. The Hall–Kier alpha value is -1.84. The van der Waals surface area contributed by atoms with Crippen molar-refractivity contribution in [3.05, 3.63) is 57.1 Å². The van der Waals surface area contributed by atoms with Gasteiger partial charge in [-0.3, -0.25) is 4.79 Å². The number of amides is 1. The second kappa shape index (κ2) is 8.96. The largest absolute Gasteiger partial charge is 0.497 e. The first-order valence-electron chi connectivity index (χ1n) is 9.83. The monoisotopic (exact) mass is 484 g/mol. The topological polar surface area (TPSA) is 76.2 Å². The summed E-state index contributed by atoms with van der Waals surface area (Å²) in [5.74, 6) is 0.380.